The molecule has 1 spiro atoms. The number of hydrogen-bond acceptors (Lipinski definition) is 6. The second kappa shape index (κ2) is 8.68. The predicted octanol–water partition coefficient (Wildman–Crippen LogP) is 2.82. The topological polar surface area (TPSA) is 113 Å². The highest BCUT2D eigenvalue weighted by Gasteiger charge is 2.54. The standard InChI is InChI=1S/C23H25N3O6/c1-16-7-8-18(13-19(16)26(30)31)21(27)25-20(22(28)29)15-32-23(25)9-11-24(12-10-23)14-17-5-3-2-4-6-17/h2-8,13,20H,9-12,14-15H2,1H3,(H,28,29)/t20-/m0/s1. The smallest absolute Gasteiger partial charge is 0.328 e. The van der Waals surface area contributed by atoms with E-state index in [1.165, 1.54) is 28.7 Å². The Morgan fingerprint density at radius 3 is 2.50 bits per heavy atom. The lowest BCUT2D eigenvalue weighted by molar-refractivity contribution is -0.385. The van der Waals surface area contributed by atoms with Gasteiger partial charge in [-0.2, -0.15) is 0 Å². The van der Waals surface area contributed by atoms with Crippen molar-refractivity contribution < 1.29 is 24.4 Å². The molecule has 32 heavy (non-hydrogen) atoms. The van der Waals surface area contributed by atoms with Gasteiger partial charge >= 0.3 is 5.97 Å². The summed E-state index contributed by atoms with van der Waals surface area (Å²) in [5, 5.41) is 21.1. The molecule has 0 bridgehead atoms. The zero-order chi connectivity index (χ0) is 22.9. The molecule has 168 valence electrons. The van der Waals surface area contributed by atoms with Gasteiger partial charge in [0.1, 0.15) is 5.72 Å². The van der Waals surface area contributed by atoms with Crippen molar-refractivity contribution in [2.24, 2.45) is 0 Å². The summed E-state index contributed by atoms with van der Waals surface area (Å²) in [7, 11) is 0. The van der Waals surface area contributed by atoms with Crippen LogP contribution in [0.3, 0.4) is 0 Å². The van der Waals surface area contributed by atoms with Crippen LogP contribution in [0.5, 0.6) is 0 Å². The minimum Gasteiger partial charge on any atom is -0.480 e. The zero-order valence-electron chi connectivity index (χ0n) is 17.8. The third-order valence-corrected chi connectivity index (χ3v) is 6.30. The first-order chi connectivity index (χ1) is 15.3. The molecule has 1 amide bonds. The van der Waals surface area contributed by atoms with E-state index in [1.54, 1.807) is 6.92 Å². The minimum atomic E-state index is -1.15. The van der Waals surface area contributed by atoms with Crippen LogP contribution in [0.15, 0.2) is 48.5 Å². The quantitative estimate of drug-likeness (QED) is 0.563. The fraction of sp³-hybridized carbons (Fsp3) is 0.391. The number of nitrogens with zero attached hydrogens (tertiary/aromatic N) is 3. The lowest BCUT2D eigenvalue weighted by Gasteiger charge is -2.44. The number of piperidine rings is 1. The number of likely N-dealkylation sites (tertiary alicyclic amines) is 1. The number of carboxylic acids is 1. The number of aliphatic carboxylic acids is 1. The first-order valence-corrected chi connectivity index (χ1v) is 10.5. The molecule has 0 aromatic heterocycles. The van der Waals surface area contributed by atoms with Crippen LogP contribution >= 0.6 is 0 Å². The molecule has 0 aliphatic carbocycles. The van der Waals surface area contributed by atoms with E-state index in [-0.39, 0.29) is 17.9 Å². The molecule has 2 aromatic rings. The molecule has 1 atom stereocenters. The number of carbonyl (C=O) groups is 2. The van der Waals surface area contributed by atoms with E-state index in [0.29, 0.717) is 31.5 Å². The number of amides is 1. The molecule has 2 aliphatic rings. The molecule has 2 fully saturated rings. The van der Waals surface area contributed by atoms with E-state index in [4.69, 9.17) is 4.74 Å². The molecule has 9 heteroatoms. The van der Waals surface area contributed by atoms with Gasteiger partial charge in [-0.15, -0.1) is 0 Å². The predicted molar refractivity (Wildman–Crippen MR) is 115 cm³/mol. The van der Waals surface area contributed by atoms with Gasteiger partial charge in [-0.1, -0.05) is 36.4 Å². The van der Waals surface area contributed by atoms with Crippen molar-refractivity contribution in [3.8, 4) is 0 Å². The SMILES string of the molecule is Cc1ccc(C(=O)N2[C@H](C(=O)O)COC23CCN(Cc2ccccc2)CC3)cc1[N+](=O)[O-]. The van der Waals surface area contributed by atoms with Crippen molar-refractivity contribution in [1.82, 2.24) is 9.80 Å². The number of carbonyl (C=O) groups excluding carboxylic acids is 1. The van der Waals surface area contributed by atoms with Crippen molar-refractivity contribution in [3.05, 3.63) is 75.3 Å². The molecular weight excluding hydrogens is 414 g/mol. The van der Waals surface area contributed by atoms with Crippen LogP contribution < -0.4 is 0 Å². The van der Waals surface area contributed by atoms with Gasteiger partial charge in [0.05, 0.1) is 11.5 Å². The first-order valence-electron chi connectivity index (χ1n) is 10.5. The van der Waals surface area contributed by atoms with Gasteiger partial charge in [-0.25, -0.2) is 4.79 Å². The Morgan fingerprint density at radius 1 is 1.19 bits per heavy atom. The molecule has 0 radical (unpaired) electrons. The van der Waals surface area contributed by atoms with Gasteiger partial charge in [-0.05, 0) is 18.6 Å². The number of benzene rings is 2. The lowest BCUT2D eigenvalue weighted by Crippen LogP contribution is -2.58. The summed E-state index contributed by atoms with van der Waals surface area (Å²) >= 11 is 0. The van der Waals surface area contributed by atoms with Gasteiger partial charge in [0.15, 0.2) is 6.04 Å². The number of rotatable bonds is 5. The van der Waals surface area contributed by atoms with Gasteiger partial charge in [0.2, 0.25) is 0 Å². The average molecular weight is 439 g/mol. The van der Waals surface area contributed by atoms with E-state index >= 15 is 0 Å². The maximum Gasteiger partial charge on any atom is 0.328 e. The molecule has 2 heterocycles. The molecule has 2 aliphatic heterocycles. The van der Waals surface area contributed by atoms with Crippen LogP contribution in [0.2, 0.25) is 0 Å². The summed E-state index contributed by atoms with van der Waals surface area (Å²) in [5.74, 6) is -1.71. The number of nitro groups is 1. The van der Waals surface area contributed by atoms with Crippen LogP contribution in [0, 0.1) is 17.0 Å². The fourth-order valence-electron chi connectivity index (χ4n) is 4.54. The van der Waals surface area contributed by atoms with Crippen LogP contribution in [-0.2, 0) is 16.1 Å². The highest BCUT2D eigenvalue weighted by atomic mass is 16.6. The Morgan fingerprint density at radius 2 is 1.88 bits per heavy atom. The molecule has 9 nitrogen and oxygen atoms in total. The van der Waals surface area contributed by atoms with E-state index < -0.39 is 28.6 Å². The molecule has 0 unspecified atom stereocenters. The summed E-state index contributed by atoms with van der Waals surface area (Å²) in [6, 6.07) is 13.1. The highest BCUT2D eigenvalue weighted by Crippen LogP contribution is 2.39. The number of carboxylic acid groups (broad SMARTS) is 1. The molecule has 1 N–H and O–H groups in total. The normalized spacial score (nSPS) is 20.4. The fourth-order valence-corrected chi connectivity index (χ4v) is 4.54. The number of ether oxygens (including phenoxy) is 1. The Bertz CT molecular complexity index is 1030. The maximum atomic E-state index is 13.4. The van der Waals surface area contributed by atoms with Gasteiger partial charge in [-0.3, -0.25) is 24.7 Å². The molecule has 4 rings (SSSR count). The second-order valence-corrected chi connectivity index (χ2v) is 8.31. The zero-order valence-corrected chi connectivity index (χ0v) is 17.8. The van der Waals surface area contributed by atoms with Crippen LogP contribution in [-0.4, -0.2) is 63.2 Å². The van der Waals surface area contributed by atoms with Crippen molar-refractivity contribution in [2.45, 2.75) is 38.1 Å². The van der Waals surface area contributed by atoms with E-state index in [2.05, 4.69) is 17.0 Å². The first kappa shape index (κ1) is 21.9. The Hall–Kier alpha value is -3.30. The Labute approximate surface area is 185 Å². The summed E-state index contributed by atoms with van der Waals surface area (Å²) in [4.78, 5) is 39.7. The number of hydrogen-bond donors (Lipinski definition) is 1. The van der Waals surface area contributed by atoms with Crippen LogP contribution in [0.4, 0.5) is 5.69 Å². The minimum absolute atomic E-state index is 0.0881. The summed E-state index contributed by atoms with van der Waals surface area (Å²) in [5.41, 5.74) is 0.495. The Balaban J connectivity index is 1.57. The van der Waals surface area contributed by atoms with E-state index in [0.717, 1.165) is 6.54 Å². The number of aryl methyl sites for hydroxylation is 1. The summed E-state index contributed by atoms with van der Waals surface area (Å²) in [6.45, 7) is 3.53. The molecule has 2 aromatic carbocycles. The molecule has 0 saturated carbocycles. The summed E-state index contributed by atoms with van der Waals surface area (Å²) in [6.07, 6.45) is 0.923. The number of nitro benzene ring substituents is 1. The van der Waals surface area contributed by atoms with Crippen molar-refractivity contribution in [2.75, 3.05) is 19.7 Å². The lowest BCUT2D eigenvalue weighted by atomic mass is 9.96. The molecule has 2 saturated heterocycles. The second-order valence-electron chi connectivity index (χ2n) is 8.31. The third kappa shape index (κ3) is 4.09. The van der Waals surface area contributed by atoms with Crippen LogP contribution in [0.1, 0.15) is 34.3 Å². The third-order valence-electron chi connectivity index (χ3n) is 6.30. The average Bonchev–Trinajstić information content (AvgIpc) is 3.15. The van der Waals surface area contributed by atoms with Gasteiger partial charge in [0.25, 0.3) is 11.6 Å². The molecular formula is C23H25N3O6. The van der Waals surface area contributed by atoms with Crippen molar-refractivity contribution in [1.29, 1.82) is 0 Å². The Kier molecular flexibility index (Phi) is 5.94. The van der Waals surface area contributed by atoms with E-state index in [9.17, 15) is 24.8 Å². The highest BCUT2D eigenvalue weighted by molar-refractivity contribution is 5.98. The van der Waals surface area contributed by atoms with Crippen molar-refractivity contribution in [3.63, 3.8) is 0 Å². The van der Waals surface area contributed by atoms with E-state index in [1.807, 2.05) is 18.2 Å². The van der Waals surface area contributed by atoms with Crippen molar-refractivity contribution >= 4 is 17.6 Å². The monoisotopic (exact) mass is 439 g/mol. The summed E-state index contributed by atoms with van der Waals surface area (Å²) < 4.78 is 5.97. The largest absolute Gasteiger partial charge is 0.480 e. The maximum absolute atomic E-state index is 13.4. The van der Waals surface area contributed by atoms with Gasteiger partial charge < -0.3 is 9.84 Å². The van der Waals surface area contributed by atoms with Crippen LogP contribution in [0.25, 0.3) is 0 Å². The van der Waals surface area contributed by atoms with Gasteiger partial charge in [0, 0.05) is 49.7 Å².